The smallest absolute Gasteiger partial charge is 0.0373 e. The van der Waals surface area contributed by atoms with Crippen molar-refractivity contribution in [3.05, 3.63) is 23.3 Å². The molecule has 0 radical (unpaired) electrons. The fourth-order valence-electron chi connectivity index (χ4n) is 7.98. The zero-order valence-electron chi connectivity index (χ0n) is 19.1. The second-order valence-electron chi connectivity index (χ2n) is 11.8. The molecule has 0 heterocycles. The summed E-state index contributed by atoms with van der Waals surface area (Å²) in [6, 6.07) is 0. The van der Waals surface area contributed by atoms with Crippen molar-refractivity contribution in [3.63, 3.8) is 0 Å². The van der Waals surface area contributed by atoms with Crippen LogP contribution in [0.4, 0.5) is 0 Å². The van der Waals surface area contributed by atoms with Crippen molar-refractivity contribution in [2.75, 3.05) is 0 Å². The van der Waals surface area contributed by atoms with Crippen LogP contribution in [0.15, 0.2) is 23.3 Å². The van der Waals surface area contributed by atoms with Gasteiger partial charge in [0.15, 0.2) is 0 Å². The lowest BCUT2D eigenvalue weighted by Gasteiger charge is -2.55. The van der Waals surface area contributed by atoms with Gasteiger partial charge in [0, 0.05) is 5.38 Å². The molecular formula is C27H43Cl. The summed E-state index contributed by atoms with van der Waals surface area (Å²) in [6.45, 7) is 12.6. The molecule has 0 aromatic carbocycles. The minimum Gasteiger partial charge on any atom is -0.123 e. The van der Waals surface area contributed by atoms with E-state index in [4.69, 9.17) is 11.6 Å². The van der Waals surface area contributed by atoms with E-state index in [9.17, 15) is 0 Å². The third kappa shape index (κ3) is 3.44. The highest BCUT2D eigenvalue weighted by molar-refractivity contribution is 6.20. The maximum absolute atomic E-state index is 6.54. The fourth-order valence-corrected chi connectivity index (χ4v) is 8.26. The minimum atomic E-state index is 0.366. The molecule has 158 valence electrons. The highest BCUT2D eigenvalue weighted by atomic mass is 35.5. The van der Waals surface area contributed by atoms with Crippen LogP contribution >= 0.6 is 11.6 Å². The summed E-state index contributed by atoms with van der Waals surface area (Å²) in [4.78, 5) is 0. The second kappa shape index (κ2) is 7.79. The molecule has 0 saturated heterocycles. The molecule has 1 heteroatoms. The molecule has 0 N–H and O–H groups in total. The fraction of sp³-hybridized carbons (Fsp3) is 0.852. The summed E-state index contributed by atoms with van der Waals surface area (Å²) >= 11 is 6.54. The van der Waals surface area contributed by atoms with E-state index in [0.29, 0.717) is 16.2 Å². The Morgan fingerprint density at radius 1 is 0.964 bits per heavy atom. The first-order chi connectivity index (χ1) is 13.3. The maximum Gasteiger partial charge on any atom is 0.0373 e. The lowest BCUT2D eigenvalue weighted by atomic mass is 9.50. The summed E-state index contributed by atoms with van der Waals surface area (Å²) in [6.07, 6.45) is 18.7. The zero-order chi connectivity index (χ0) is 20.1. The molecule has 3 fully saturated rings. The molecule has 3 saturated carbocycles. The van der Waals surface area contributed by atoms with Gasteiger partial charge in [-0.3, -0.25) is 0 Å². The molecule has 0 nitrogen and oxygen atoms in total. The summed E-state index contributed by atoms with van der Waals surface area (Å²) in [5.41, 5.74) is 4.44. The van der Waals surface area contributed by atoms with Crippen LogP contribution in [0.5, 0.6) is 0 Å². The Kier molecular flexibility index (Phi) is 5.85. The lowest BCUT2D eigenvalue weighted by molar-refractivity contribution is 0.0479. The Morgan fingerprint density at radius 2 is 1.75 bits per heavy atom. The third-order valence-corrected chi connectivity index (χ3v) is 10.1. The molecule has 4 rings (SSSR count). The first-order valence-corrected chi connectivity index (χ1v) is 12.7. The predicted octanol–water partition coefficient (Wildman–Crippen LogP) is 8.56. The maximum atomic E-state index is 6.54. The van der Waals surface area contributed by atoms with Gasteiger partial charge in [-0.15, -0.1) is 11.6 Å². The normalized spacial score (nSPS) is 43.7. The Bertz CT molecular complexity index is 643. The summed E-state index contributed by atoms with van der Waals surface area (Å²) in [5, 5.41) is 0.366. The van der Waals surface area contributed by atoms with Crippen molar-refractivity contribution in [2.45, 2.75) is 104 Å². The number of halogens is 1. The largest absolute Gasteiger partial charge is 0.123 e. The standard InChI is InChI=1S/C27H43Cl/c1-18(2)7-6-8-19(3)23-11-12-24-22-10-9-20-17-21(28)13-15-26(20,4)25(22)14-16-27(23,24)5/h9-10,18-19,21,23-25H,6-8,11-17H2,1-5H3/t19-,21+,23-,24+,25+,26-,27+/m0/s1. The summed E-state index contributed by atoms with van der Waals surface area (Å²) in [5.74, 6) is 4.31. The molecule has 28 heavy (non-hydrogen) atoms. The van der Waals surface area contributed by atoms with Crippen LogP contribution < -0.4 is 0 Å². The predicted molar refractivity (Wildman–Crippen MR) is 123 cm³/mol. The van der Waals surface area contributed by atoms with E-state index in [2.05, 4.69) is 46.8 Å². The van der Waals surface area contributed by atoms with Crippen molar-refractivity contribution in [1.29, 1.82) is 0 Å². The van der Waals surface area contributed by atoms with E-state index >= 15 is 0 Å². The average molecular weight is 403 g/mol. The van der Waals surface area contributed by atoms with Crippen LogP contribution in [-0.2, 0) is 0 Å². The molecule has 0 amide bonds. The van der Waals surface area contributed by atoms with Crippen LogP contribution in [0, 0.1) is 40.4 Å². The third-order valence-electron chi connectivity index (χ3n) is 9.71. The van der Waals surface area contributed by atoms with Gasteiger partial charge in [0.25, 0.3) is 0 Å². The minimum absolute atomic E-state index is 0.366. The lowest BCUT2D eigenvalue weighted by Crippen LogP contribution is -2.46. The Morgan fingerprint density at radius 3 is 2.50 bits per heavy atom. The molecule has 0 spiro atoms. The van der Waals surface area contributed by atoms with Crippen molar-refractivity contribution in [1.82, 2.24) is 0 Å². The molecule has 4 aliphatic carbocycles. The first kappa shape index (κ1) is 21.0. The zero-order valence-corrected chi connectivity index (χ0v) is 19.8. The van der Waals surface area contributed by atoms with Crippen LogP contribution in [-0.4, -0.2) is 5.38 Å². The van der Waals surface area contributed by atoms with E-state index in [0.717, 1.165) is 36.0 Å². The quantitative estimate of drug-likeness (QED) is 0.404. The Hall–Kier alpha value is -0.230. The average Bonchev–Trinajstić information content (AvgIpc) is 2.99. The van der Waals surface area contributed by atoms with E-state index in [1.54, 1.807) is 5.57 Å². The number of fused-ring (bicyclic) bond motifs is 5. The Labute approximate surface area is 179 Å². The van der Waals surface area contributed by atoms with Gasteiger partial charge in [-0.05, 0) is 85.4 Å². The highest BCUT2D eigenvalue weighted by Crippen LogP contribution is 2.66. The molecule has 0 aromatic heterocycles. The highest BCUT2D eigenvalue weighted by Gasteiger charge is 2.56. The summed E-state index contributed by atoms with van der Waals surface area (Å²) < 4.78 is 0. The van der Waals surface area contributed by atoms with Crippen molar-refractivity contribution < 1.29 is 0 Å². The van der Waals surface area contributed by atoms with Gasteiger partial charge < -0.3 is 0 Å². The Balaban J connectivity index is 1.53. The van der Waals surface area contributed by atoms with Gasteiger partial charge in [0.05, 0.1) is 0 Å². The number of hydrogen-bond donors (Lipinski definition) is 0. The molecule has 0 aromatic rings. The molecule has 7 atom stereocenters. The van der Waals surface area contributed by atoms with Crippen molar-refractivity contribution >= 4 is 11.6 Å². The van der Waals surface area contributed by atoms with Gasteiger partial charge in [-0.1, -0.05) is 77.2 Å². The topological polar surface area (TPSA) is 0 Å². The van der Waals surface area contributed by atoms with Crippen LogP contribution in [0.2, 0.25) is 0 Å². The number of rotatable bonds is 5. The molecular weight excluding hydrogens is 360 g/mol. The van der Waals surface area contributed by atoms with Gasteiger partial charge in [-0.2, -0.15) is 0 Å². The summed E-state index contributed by atoms with van der Waals surface area (Å²) in [7, 11) is 0. The van der Waals surface area contributed by atoms with Gasteiger partial charge in [0.1, 0.15) is 0 Å². The number of alkyl halides is 1. The molecule has 4 aliphatic rings. The number of allylic oxidation sites excluding steroid dienone is 4. The van der Waals surface area contributed by atoms with Gasteiger partial charge >= 0.3 is 0 Å². The van der Waals surface area contributed by atoms with Crippen molar-refractivity contribution in [2.24, 2.45) is 40.4 Å². The molecule has 0 bridgehead atoms. The monoisotopic (exact) mass is 402 g/mol. The van der Waals surface area contributed by atoms with E-state index in [1.165, 1.54) is 57.8 Å². The van der Waals surface area contributed by atoms with Crippen LogP contribution in [0.3, 0.4) is 0 Å². The van der Waals surface area contributed by atoms with E-state index in [1.807, 2.05) is 5.57 Å². The van der Waals surface area contributed by atoms with E-state index in [-0.39, 0.29) is 0 Å². The van der Waals surface area contributed by atoms with Gasteiger partial charge in [-0.25, -0.2) is 0 Å². The van der Waals surface area contributed by atoms with E-state index < -0.39 is 0 Å². The van der Waals surface area contributed by atoms with Crippen molar-refractivity contribution in [3.8, 4) is 0 Å². The number of hydrogen-bond acceptors (Lipinski definition) is 0. The van der Waals surface area contributed by atoms with Crippen LogP contribution in [0.1, 0.15) is 98.8 Å². The van der Waals surface area contributed by atoms with Crippen LogP contribution in [0.25, 0.3) is 0 Å². The second-order valence-corrected chi connectivity index (χ2v) is 12.4. The van der Waals surface area contributed by atoms with Gasteiger partial charge in [0.2, 0.25) is 0 Å². The molecule has 0 aliphatic heterocycles. The SMILES string of the molecule is CC(C)CCC[C@H](C)[C@@H]1CC[C@@H]2C3=CC=C4C[C@H](Cl)CC[C@]4(C)[C@@H]3CC[C@@]21C. The molecule has 0 unspecified atom stereocenters. The first-order valence-electron chi connectivity index (χ1n) is 12.3.